The molecule has 1 atom stereocenters. The molecule has 3 rings (SSSR count). The summed E-state index contributed by atoms with van der Waals surface area (Å²) in [5, 5.41) is 21.3. The van der Waals surface area contributed by atoms with Crippen LogP contribution in [0.5, 0.6) is 5.75 Å². The Morgan fingerprint density at radius 3 is 2.62 bits per heavy atom. The number of aromatic hydroxyl groups is 1. The molecule has 1 aromatic heterocycles. The Labute approximate surface area is 149 Å². The van der Waals surface area contributed by atoms with Crippen molar-refractivity contribution in [1.29, 1.82) is 0 Å². The van der Waals surface area contributed by atoms with Gasteiger partial charge in [-0.3, -0.25) is 0 Å². The van der Waals surface area contributed by atoms with Crippen LogP contribution < -0.4 is 5.32 Å². The summed E-state index contributed by atoms with van der Waals surface area (Å²) in [6, 6.07) is 1.89. The van der Waals surface area contributed by atoms with E-state index in [9.17, 15) is 18.3 Å². The van der Waals surface area contributed by atoms with Crippen molar-refractivity contribution in [2.75, 3.05) is 25.5 Å². The van der Waals surface area contributed by atoms with Crippen LogP contribution in [0.3, 0.4) is 0 Å². The number of nitrogens with one attached hydrogen (secondary N) is 1. The van der Waals surface area contributed by atoms with Crippen molar-refractivity contribution in [3.63, 3.8) is 0 Å². The number of alkyl halides is 3. The Balaban J connectivity index is 1.80. The average Bonchev–Trinajstić information content (AvgIpc) is 2.55. The molecule has 0 aliphatic carbocycles. The van der Waals surface area contributed by atoms with Gasteiger partial charge in [-0.05, 0) is 51.1 Å². The van der Waals surface area contributed by atoms with E-state index in [2.05, 4.69) is 25.4 Å². The third-order valence-electron chi connectivity index (χ3n) is 4.42. The second kappa shape index (κ2) is 7.06. The molecule has 1 aliphatic rings. The zero-order valence-electron chi connectivity index (χ0n) is 14.5. The van der Waals surface area contributed by atoms with Gasteiger partial charge in [0.05, 0.1) is 11.8 Å². The molecule has 1 saturated heterocycles. The summed E-state index contributed by atoms with van der Waals surface area (Å²) in [6.07, 6.45) is -1.03. The molecule has 1 fully saturated rings. The minimum Gasteiger partial charge on any atom is -0.507 e. The molecule has 0 amide bonds. The lowest BCUT2D eigenvalue weighted by atomic mass is 10.0. The highest BCUT2D eigenvalue weighted by molar-refractivity contribution is 5.70. The van der Waals surface area contributed by atoms with E-state index < -0.39 is 17.5 Å². The number of aromatic nitrogens is 3. The van der Waals surface area contributed by atoms with Crippen LogP contribution in [-0.4, -0.2) is 51.4 Å². The lowest BCUT2D eigenvalue weighted by Crippen LogP contribution is -2.40. The summed E-state index contributed by atoms with van der Waals surface area (Å²) in [7, 11) is 2.05. The molecule has 1 aromatic carbocycles. The number of phenolic OH excluding ortho intramolecular Hbond substituents is 1. The summed E-state index contributed by atoms with van der Waals surface area (Å²) in [5.41, 5.74) is -0.234. The van der Waals surface area contributed by atoms with E-state index in [4.69, 9.17) is 0 Å². The van der Waals surface area contributed by atoms with Crippen molar-refractivity contribution in [3.8, 4) is 17.0 Å². The fourth-order valence-electron chi connectivity index (χ4n) is 3.19. The number of rotatable bonds is 3. The number of piperidine rings is 1. The molecular weight excluding hydrogens is 347 g/mol. The smallest absolute Gasteiger partial charge is 0.416 e. The number of aryl methyl sites for hydroxylation is 1. The van der Waals surface area contributed by atoms with E-state index in [1.54, 1.807) is 0 Å². The Morgan fingerprint density at radius 2 is 2.04 bits per heavy atom. The van der Waals surface area contributed by atoms with Gasteiger partial charge in [-0.15, -0.1) is 10.2 Å². The number of phenols is 1. The average molecular weight is 367 g/mol. The molecule has 26 heavy (non-hydrogen) atoms. The SMILES string of the molecule is Cc1cc(C(F)(F)F)cc(O)c1-c1cnc(N[C@@H]2CCCN(C)C2)nn1. The number of likely N-dealkylation sites (tertiary alicyclic amines) is 1. The highest BCUT2D eigenvalue weighted by atomic mass is 19.4. The molecule has 2 N–H and O–H groups in total. The van der Waals surface area contributed by atoms with Crippen LogP contribution in [0.1, 0.15) is 24.0 Å². The van der Waals surface area contributed by atoms with Crippen LogP contribution >= 0.6 is 0 Å². The topological polar surface area (TPSA) is 74.2 Å². The minimum absolute atomic E-state index is 0.196. The molecule has 0 saturated carbocycles. The highest BCUT2D eigenvalue weighted by Gasteiger charge is 2.32. The first-order valence-corrected chi connectivity index (χ1v) is 8.30. The predicted octanol–water partition coefficient (Wildman–Crippen LogP) is 3.08. The molecule has 2 heterocycles. The second-order valence-corrected chi connectivity index (χ2v) is 6.60. The van der Waals surface area contributed by atoms with Gasteiger partial charge in [0, 0.05) is 18.2 Å². The van der Waals surface area contributed by atoms with E-state index in [0.29, 0.717) is 12.0 Å². The molecule has 0 bridgehead atoms. The van der Waals surface area contributed by atoms with Gasteiger partial charge in [-0.1, -0.05) is 0 Å². The molecule has 0 spiro atoms. The number of nitrogens with zero attached hydrogens (tertiary/aromatic N) is 4. The van der Waals surface area contributed by atoms with Crippen LogP contribution in [0.15, 0.2) is 18.3 Å². The fourth-order valence-corrected chi connectivity index (χ4v) is 3.19. The zero-order chi connectivity index (χ0) is 18.9. The van der Waals surface area contributed by atoms with Crippen molar-refractivity contribution in [2.24, 2.45) is 0 Å². The Bertz CT molecular complexity index is 756. The third-order valence-corrected chi connectivity index (χ3v) is 4.42. The number of anilines is 1. The number of hydrogen-bond donors (Lipinski definition) is 2. The summed E-state index contributed by atoms with van der Waals surface area (Å²) in [5.74, 6) is -0.138. The number of hydrogen-bond acceptors (Lipinski definition) is 6. The molecule has 140 valence electrons. The molecule has 0 radical (unpaired) electrons. The van der Waals surface area contributed by atoms with Gasteiger partial charge in [0.2, 0.25) is 5.95 Å². The number of likely N-dealkylation sites (N-methyl/N-ethyl adjacent to an activating group) is 1. The van der Waals surface area contributed by atoms with Crippen LogP contribution in [0.2, 0.25) is 0 Å². The summed E-state index contributed by atoms with van der Waals surface area (Å²) in [6.45, 7) is 3.42. The lowest BCUT2D eigenvalue weighted by Gasteiger charge is -2.29. The maximum Gasteiger partial charge on any atom is 0.416 e. The maximum absolute atomic E-state index is 12.8. The van der Waals surface area contributed by atoms with Crippen molar-refractivity contribution in [1.82, 2.24) is 20.1 Å². The maximum atomic E-state index is 12.8. The van der Waals surface area contributed by atoms with E-state index >= 15 is 0 Å². The van der Waals surface area contributed by atoms with Gasteiger partial charge >= 0.3 is 6.18 Å². The Morgan fingerprint density at radius 1 is 1.27 bits per heavy atom. The standard InChI is InChI=1S/C17H20F3N5O/c1-10-6-11(17(18,19)20)7-14(26)15(10)13-8-21-16(24-23-13)22-12-4-3-5-25(2)9-12/h6-8,12,26H,3-5,9H2,1-2H3,(H,21,22,24)/t12-/m1/s1. The normalized spacial score (nSPS) is 18.7. The van der Waals surface area contributed by atoms with E-state index in [-0.39, 0.29) is 22.9 Å². The van der Waals surface area contributed by atoms with Gasteiger partial charge in [-0.25, -0.2) is 4.98 Å². The molecule has 0 unspecified atom stereocenters. The van der Waals surface area contributed by atoms with Crippen molar-refractivity contribution in [3.05, 3.63) is 29.5 Å². The van der Waals surface area contributed by atoms with E-state index in [0.717, 1.165) is 32.0 Å². The molecule has 2 aromatic rings. The van der Waals surface area contributed by atoms with Gasteiger partial charge in [-0.2, -0.15) is 13.2 Å². The number of benzene rings is 1. The molecule has 9 heteroatoms. The minimum atomic E-state index is -4.52. The van der Waals surface area contributed by atoms with Gasteiger partial charge in [0.15, 0.2) is 0 Å². The van der Waals surface area contributed by atoms with Crippen LogP contribution in [0.4, 0.5) is 19.1 Å². The second-order valence-electron chi connectivity index (χ2n) is 6.60. The van der Waals surface area contributed by atoms with Crippen molar-refractivity contribution in [2.45, 2.75) is 32.0 Å². The van der Waals surface area contributed by atoms with Crippen molar-refractivity contribution < 1.29 is 18.3 Å². The van der Waals surface area contributed by atoms with Gasteiger partial charge < -0.3 is 15.3 Å². The van der Waals surface area contributed by atoms with Crippen LogP contribution in [0.25, 0.3) is 11.3 Å². The Hall–Kier alpha value is -2.42. The molecule has 1 aliphatic heterocycles. The van der Waals surface area contributed by atoms with Crippen molar-refractivity contribution >= 4 is 5.95 Å². The lowest BCUT2D eigenvalue weighted by molar-refractivity contribution is -0.137. The Kier molecular flexibility index (Phi) is 4.99. The van der Waals surface area contributed by atoms with Crippen LogP contribution in [0, 0.1) is 6.92 Å². The van der Waals surface area contributed by atoms with Gasteiger partial charge in [0.25, 0.3) is 0 Å². The molecule has 6 nitrogen and oxygen atoms in total. The monoisotopic (exact) mass is 367 g/mol. The van der Waals surface area contributed by atoms with Crippen LogP contribution in [-0.2, 0) is 6.18 Å². The van der Waals surface area contributed by atoms with E-state index in [1.807, 2.05) is 7.05 Å². The number of halogens is 3. The summed E-state index contributed by atoms with van der Waals surface area (Å²) in [4.78, 5) is 6.41. The van der Waals surface area contributed by atoms with Gasteiger partial charge in [0.1, 0.15) is 11.4 Å². The summed E-state index contributed by atoms with van der Waals surface area (Å²) < 4.78 is 38.5. The zero-order valence-corrected chi connectivity index (χ0v) is 14.5. The fraction of sp³-hybridized carbons (Fsp3) is 0.471. The predicted molar refractivity (Wildman–Crippen MR) is 90.8 cm³/mol. The quantitative estimate of drug-likeness (QED) is 0.869. The first kappa shape index (κ1) is 18.4. The first-order chi connectivity index (χ1) is 12.2. The highest BCUT2D eigenvalue weighted by Crippen LogP contribution is 2.38. The summed E-state index contributed by atoms with van der Waals surface area (Å²) >= 11 is 0. The first-order valence-electron chi connectivity index (χ1n) is 8.30. The van der Waals surface area contributed by atoms with E-state index in [1.165, 1.54) is 13.1 Å². The largest absolute Gasteiger partial charge is 0.507 e. The molecular formula is C17H20F3N5O. The third kappa shape index (κ3) is 4.04.